The van der Waals surface area contributed by atoms with Gasteiger partial charge in [-0.2, -0.15) is 13.2 Å². The van der Waals surface area contributed by atoms with Gasteiger partial charge in [-0.15, -0.1) is 0 Å². The van der Waals surface area contributed by atoms with Gasteiger partial charge < -0.3 is 9.80 Å². The van der Waals surface area contributed by atoms with Crippen molar-refractivity contribution >= 4 is 23.4 Å². The molecule has 2 saturated heterocycles. The van der Waals surface area contributed by atoms with Gasteiger partial charge in [0.25, 0.3) is 0 Å². The number of benzene rings is 1. The van der Waals surface area contributed by atoms with Gasteiger partial charge in [-0.3, -0.25) is 19.3 Å². The molecular formula is C20H24F3N3O3. The maximum Gasteiger partial charge on any atom is 0.416 e. The first-order valence-corrected chi connectivity index (χ1v) is 9.49. The van der Waals surface area contributed by atoms with Crippen molar-refractivity contribution in [2.45, 2.75) is 39.4 Å². The molecule has 1 aromatic rings. The normalized spacial score (nSPS) is 21.0. The predicted molar refractivity (Wildman–Crippen MR) is 100.0 cm³/mol. The van der Waals surface area contributed by atoms with Crippen LogP contribution < -0.4 is 4.90 Å². The molecule has 3 amide bonds. The van der Waals surface area contributed by atoms with Crippen molar-refractivity contribution in [3.8, 4) is 0 Å². The number of likely N-dealkylation sites (tertiary alicyclic amines) is 1. The Morgan fingerprint density at radius 2 is 1.59 bits per heavy atom. The van der Waals surface area contributed by atoms with E-state index in [1.807, 2.05) is 4.90 Å². The number of imide groups is 1. The summed E-state index contributed by atoms with van der Waals surface area (Å²) in [6, 6.07) is 4.07. The maximum absolute atomic E-state index is 12.8. The zero-order valence-corrected chi connectivity index (χ0v) is 16.6. The van der Waals surface area contributed by atoms with Crippen LogP contribution in [0.1, 0.15) is 32.8 Å². The Bertz CT molecular complexity index is 813. The Balaban J connectivity index is 1.61. The molecule has 3 rings (SSSR count). The number of carbonyl (C=O) groups is 3. The molecule has 0 spiro atoms. The third-order valence-electron chi connectivity index (χ3n) is 5.56. The van der Waals surface area contributed by atoms with Crippen molar-refractivity contribution < 1.29 is 27.6 Å². The van der Waals surface area contributed by atoms with Crippen molar-refractivity contribution in [1.82, 2.24) is 9.80 Å². The van der Waals surface area contributed by atoms with E-state index >= 15 is 0 Å². The minimum Gasteiger partial charge on any atom is -0.368 e. The number of piperazine rings is 1. The highest BCUT2D eigenvalue weighted by atomic mass is 19.4. The molecule has 0 aliphatic carbocycles. The van der Waals surface area contributed by atoms with Gasteiger partial charge in [-0.05, 0) is 31.2 Å². The van der Waals surface area contributed by atoms with Crippen LogP contribution in [-0.4, -0.2) is 59.7 Å². The monoisotopic (exact) mass is 411 g/mol. The van der Waals surface area contributed by atoms with E-state index in [0.717, 1.165) is 17.0 Å². The lowest BCUT2D eigenvalue weighted by atomic mass is 9.92. The van der Waals surface area contributed by atoms with Crippen molar-refractivity contribution in [1.29, 1.82) is 0 Å². The SMILES string of the molecule is CC(C(=O)N1CCN(c2ccc(C(F)(F)F)cc2)CC1)N1C(=O)CC(C)(C)C1=O. The van der Waals surface area contributed by atoms with E-state index in [-0.39, 0.29) is 24.1 Å². The van der Waals surface area contributed by atoms with E-state index in [4.69, 9.17) is 0 Å². The molecular weight excluding hydrogens is 387 g/mol. The smallest absolute Gasteiger partial charge is 0.368 e. The van der Waals surface area contributed by atoms with Crippen LogP contribution in [0.15, 0.2) is 24.3 Å². The molecule has 1 atom stereocenters. The fraction of sp³-hybridized carbons (Fsp3) is 0.550. The lowest BCUT2D eigenvalue weighted by Gasteiger charge is -2.38. The first kappa shape index (κ1) is 21.1. The van der Waals surface area contributed by atoms with Crippen molar-refractivity contribution in [2.75, 3.05) is 31.1 Å². The van der Waals surface area contributed by atoms with Gasteiger partial charge in [-0.25, -0.2) is 0 Å². The minimum absolute atomic E-state index is 0.0884. The molecule has 2 heterocycles. The van der Waals surface area contributed by atoms with E-state index in [2.05, 4.69) is 0 Å². The molecule has 2 aliphatic heterocycles. The number of nitrogens with zero attached hydrogens (tertiary/aromatic N) is 3. The molecule has 0 radical (unpaired) electrons. The molecule has 1 unspecified atom stereocenters. The lowest BCUT2D eigenvalue weighted by Crippen LogP contribution is -2.55. The molecule has 29 heavy (non-hydrogen) atoms. The van der Waals surface area contributed by atoms with E-state index in [9.17, 15) is 27.6 Å². The van der Waals surface area contributed by atoms with Crippen molar-refractivity contribution in [2.24, 2.45) is 5.41 Å². The summed E-state index contributed by atoms with van der Waals surface area (Å²) in [5.74, 6) is -0.979. The van der Waals surface area contributed by atoms with E-state index in [0.29, 0.717) is 31.9 Å². The van der Waals surface area contributed by atoms with Crippen molar-refractivity contribution in [3.05, 3.63) is 29.8 Å². The number of carbonyl (C=O) groups excluding carboxylic acids is 3. The summed E-state index contributed by atoms with van der Waals surface area (Å²) >= 11 is 0. The van der Waals surface area contributed by atoms with E-state index in [1.165, 1.54) is 12.1 Å². The highest BCUT2D eigenvalue weighted by Gasteiger charge is 2.48. The van der Waals surface area contributed by atoms with Crippen LogP contribution in [0.3, 0.4) is 0 Å². The second kappa shape index (κ2) is 7.35. The minimum atomic E-state index is -4.38. The van der Waals surface area contributed by atoms with Crippen LogP contribution in [-0.2, 0) is 20.6 Å². The quantitative estimate of drug-likeness (QED) is 0.718. The number of alkyl halides is 3. The van der Waals surface area contributed by atoms with Crippen LogP contribution in [0.5, 0.6) is 0 Å². The largest absolute Gasteiger partial charge is 0.416 e. The Hall–Kier alpha value is -2.58. The summed E-state index contributed by atoms with van der Waals surface area (Å²) in [4.78, 5) is 42.0. The Labute approximate surface area is 167 Å². The molecule has 0 saturated carbocycles. The molecule has 2 aliphatic rings. The Morgan fingerprint density at radius 3 is 2.03 bits per heavy atom. The van der Waals surface area contributed by atoms with E-state index in [1.54, 1.807) is 25.7 Å². The van der Waals surface area contributed by atoms with Crippen LogP contribution >= 0.6 is 0 Å². The predicted octanol–water partition coefficient (Wildman–Crippen LogP) is 2.53. The van der Waals surface area contributed by atoms with Crippen LogP contribution in [0.2, 0.25) is 0 Å². The standard InChI is InChI=1S/C20H24F3N3O3/c1-13(26-16(27)12-19(2,3)18(26)29)17(28)25-10-8-24(9-11-25)15-6-4-14(5-7-15)20(21,22)23/h4-7,13H,8-12H2,1-3H3. The first-order chi connectivity index (χ1) is 13.4. The Kier molecular flexibility index (Phi) is 5.36. The molecule has 1 aromatic carbocycles. The summed E-state index contributed by atoms with van der Waals surface area (Å²) < 4.78 is 38.1. The number of anilines is 1. The highest BCUT2D eigenvalue weighted by molar-refractivity contribution is 6.08. The molecule has 6 nitrogen and oxygen atoms in total. The second-order valence-electron chi connectivity index (χ2n) is 8.16. The van der Waals surface area contributed by atoms with Gasteiger partial charge in [0, 0.05) is 38.3 Å². The highest BCUT2D eigenvalue weighted by Crippen LogP contribution is 2.33. The number of amides is 3. The third kappa shape index (κ3) is 4.09. The van der Waals surface area contributed by atoms with Gasteiger partial charge in [0.05, 0.1) is 11.0 Å². The number of rotatable bonds is 3. The van der Waals surface area contributed by atoms with Crippen LogP contribution in [0, 0.1) is 5.41 Å². The van der Waals surface area contributed by atoms with Crippen LogP contribution in [0.25, 0.3) is 0 Å². The average Bonchev–Trinajstić information content (AvgIpc) is 2.87. The molecule has 0 aromatic heterocycles. The number of hydrogen-bond donors (Lipinski definition) is 0. The first-order valence-electron chi connectivity index (χ1n) is 9.49. The van der Waals surface area contributed by atoms with Gasteiger partial charge >= 0.3 is 6.18 Å². The second-order valence-corrected chi connectivity index (χ2v) is 8.16. The summed E-state index contributed by atoms with van der Waals surface area (Å²) in [5, 5.41) is 0. The summed E-state index contributed by atoms with van der Waals surface area (Å²) in [7, 11) is 0. The molecule has 0 bridgehead atoms. The fourth-order valence-corrected chi connectivity index (χ4v) is 3.79. The average molecular weight is 411 g/mol. The zero-order valence-electron chi connectivity index (χ0n) is 16.6. The van der Waals surface area contributed by atoms with Gasteiger partial charge in [0.15, 0.2) is 0 Å². The molecule has 9 heteroatoms. The number of hydrogen-bond acceptors (Lipinski definition) is 4. The maximum atomic E-state index is 12.8. The Morgan fingerprint density at radius 1 is 1.03 bits per heavy atom. The van der Waals surface area contributed by atoms with Gasteiger partial charge in [-0.1, -0.05) is 13.8 Å². The van der Waals surface area contributed by atoms with Crippen LogP contribution in [0.4, 0.5) is 18.9 Å². The summed E-state index contributed by atoms with van der Waals surface area (Å²) in [6.07, 6.45) is -4.29. The van der Waals surface area contributed by atoms with Gasteiger partial charge in [0.1, 0.15) is 6.04 Å². The molecule has 158 valence electrons. The fourth-order valence-electron chi connectivity index (χ4n) is 3.79. The van der Waals surface area contributed by atoms with E-state index < -0.39 is 23.2 Å². The topological polar surface area (TPSA) is 60.9 Å². The van der Waals surface area contributed by atoms with Crippen molar-refractivity contribution in [3.63, 3.8) is 0 Å². The summed E-state index contributed by atoms with van der Waals surface area (Å²) in [5.41, 5.74) is -0.844. The van der Waals surface area contributed by atoms with Gasteiger partial charge in [0.2, 0.25) is 17.7 Å². The summed E-state index contributed by atoms with van der Waals surface area (Å²) in [6.45, 7) is 6.57. The molecule has 2 fully saturated rings. The molecule has 0 N–H and O–H groups in total. The zero-order chi connectivity index (χ0) is 21.6. The third-order valence-corrected chi connectivity index (χ3v) is 5.56. The number of halogens is 3. The lowest BCUT2D eigenvalue weighted by molar-refractivity contribution is -0.151.